The van der Waals surface area contributed by atoms with Crippen molar-refractivity contribution in [2.75, 3.05) is 12.4 Å². The lowest BCUT2D eigenvalue weighted by atomic mass is 10.1. The van der Waals surface area contributed by atoms with Crippen molar-refractivity contribution in [3.05, 3.63) is 78.9 Å². The number of hydrogen-bond donors (Lipinski definition) is 1. The first-order chi connectivity index (χ1) is 15.1. The molecular weight excluding hydrogens is 397 g/mol. The molecule has 3 heterocycles. The molecule has 0 saturated heterocycles. The van der Waals surface area contributed by atoms with Gasteiger partial charge in [-0.2, -0.15) is 4.98 Å². The molecule has 2 aromatic carbocycles. The highest BCUT2D eigenvalue weighted by Crippen LogP contribution is 2.29. The van der Waals surface area contributed by atoms with Crippen LogP contribution in [0.15, 0.2) is 67.4 Å². The van der Waals surface area contributed by atoms with Crippen molar-refractivity contribution in [3.8, 4) is 22.7 Å². The van der Waals surface area contributed by atoms with E-state index in [0.717, 1.165) is 22.6 Å². The van der Waals surface area contributed by atoms with E-state index in [1.807, 2.05) is 35.9 Å². The van der Waals surface area contributed by atoms with Gasteiger partial charge >= 0.3 is 0 Å². The SMILES string of the molecule is COc1cc(Nc2nc3c(-c4ccc(F)cc4)nccn3n2)ccc1-n1cnc(C)c1. The highest BCUT2D eigenvalue weighted by Gasteiger charge is 2.13. The molecule has 0 aliphatic heterocycles. The van der Waals surface area contributed by atoms with Crippen LogP contribution in [0.3, 0.4) is 0 Å². The molecule has 154 valence electrons. The molecule has 0 aliphatic rings. The van der Waals surface area contributed by atoms with Crippen molar-refractivity contribution in [2.45, 2.75) is 6.92 Å². The van der Waals surface area contributed by atoms with Crippen molar-refractivity contribution in [1.29, 1.82) is 0 Å². The van der Waals surface area contributed by atoms with E-state index >= 15 is 0 Å². The van der Waals surface area contributed by atoms with E-state index in [1.165, 1.54) is 12.1 Å². The van der Waals surface area contributed by atoms with Crippen LogP contribution < -0.4 is 10.1 Å². The number of aryl methyl sites for hydroxylation is 1. The normalized spacial score (nSPS) is 11.1. The Morgan fingerprint density at radius 2 is 1.90 bits per heavy atom. The summed E-state index contributed by atoms with van der Waals surface area (Å²) in [6, 6.07) is 11.8. The highest BCUT2D eigenvalue weighted by atomic mass is 19.1. The molecule has 0 radical (unpaired) electrons. The van der Waals surface area contributed by atoms with E-state index in [2.05, 4.69) is 25.4 Å². The Bertz CT molecular complexity index is 1370. The second kappa shape index (κ2) is 7.52. The smallest absolute Gasteiger partial charge is 0.247 e. The van der Waals surface area contributed by atoms with Crippen molar-refractivity contribution in [2.24, 2.45) is 0 Å². The summed E-state index contributed by atoms with van der Waals surface area (Å²) in [6.45, 7) is 1.93. The Kier molecular flexibility index (Phi) is 4.55. The monoisotopic (exact) mass is 415 g/mol. The molecule has 0 spiro atoms. The first kappa shape index (κ1) is 18.7. The van der Waals surface area contributed by atoms with Gasteiger partial charge in [-0.15, -0.1) is 5.10 Å². The van der Waals surface area contributed by atoms with Crippen LogP contribution in [0.1, 0.15) is 5.69 Å². The first-order valence-corrected chi connectivity index (χ1v) is 9.54. The van der Waals surface area contributed by atoms with Crippen LogP contribution >= 0.6 is 0 Å². The molecule has 5 aromatic rings. The molecule has 0 unspecified atom stereocenters. The zero-order valence-corrected chi connectivity index (χ0v) is 16.8. The summed E-state index contributed by atoms with van der Waals surface area (Å²) < 4.78 is 22.4. The number of hydrogen-bond acceptors (Lipinski definition) is 6. The average molecular weight is 415 g/mol. The molecule has 0 aliphatic carbocycles. The molecular formula is C22H18FN7O. The maximum atomic E-state index is 13.3. The maximum Gasteiger partial charge on any atom is 0.247 e. The van der Waals surface area contributed by atoms with Crippen molar-refractivity contribution >= 4 is 17.3 Å². The summed E-state index contributed by atoms with van der Waals surface area (Å²) >= 11 is 0. The Morgan fingerprint density at radius 3 is 2.65 bits per heavy atom. The third kappa shape index (κ3) is 3.57. The average Bonchev–Trinajstić information content (AvgIpc) is 3.39. The first-order valence-electron chi connectivity index (χ1n) is 9.54. The number of nitrogens with zero attached hydrogens (tertiary/aromatic N) is 6. The molecule has 0 bridgehead atoms. The van der Waals surface area contributed by atoms with E-state index in [0.29, 0.717) is 23.0 Å². The Balaban J connectivity index is 1.48. The third-order valence-electron chi connectivity index (χ3n) is 4.80. The molecule has 0 atom stereocenters. The van der Waals surface area contributed by atoms with Gasteiger partial charge in [0.15, 0.2) is 5.65 Å². The van der Waals surface area contributed by atoms with Gasteiger partial charge in [-0.1, -0.05) is 0 Å². The summed E-state index contributed by atoms with van der Waals surface area (Å²) in [5.41, 5.74) is 4.50. The minimum atomic E-state index is -0.303. The fourth-order valence-electron chi connectivity index (χ4n) is 3.33. The van der Waals surface area contributed by atoms with Gasteiger partial charge < -0.3 is 14.6 Å². The fourth-order valence-corrected chi connectivity index (χ4v) is 3.33. The number of aromatic nitrogens is 6. The molecule has 5 rings (SSSR count). The molecule has 3 aromatic heterocycles. The summed E-state index contributed by atoms with van der Waals surface area (Å²) in [5, 5.41) is 7.68. The predicted octanol–water partition coefficient (Wildman–Crippen LogP) is 4.18. The van der Waals surface area contributed by atoms with Gasteiger partial charge in [-0.3, -0.25) is 4.98 Å². The minimum Gasteiger partial charge on any atom is -0.494 e. The number of ether oxygens (including phenoxy) is 1. The van der Waals surface area contributed by atoms with E-state index < -0.39 is 0 Å². The second-order valence-corrected chi connectivity index (χ2v) is 6.92. The van der Waals surface area contributed by atoms with Crippen LogP contribution in [-0.4, -0.2) is 36.2 Å². The topological polar surface area (TPSA) is 82.2 Å². The largest absolute Gasteiger partial charge is 0.494 e. The quantitative estimate of drug-likeness (QED) is 0.464. The molecule has 31 heavy (non-hydrogen) atoms. The van der Waals surface area contributed by atoms with Gasteiger partial charge in [0.1, 0.15) is 17.3 Å². The van der Waals surface area contributed by atoms with Crippen LogP contribution in [0.5, 0.6) is 5.75 Å². The number of imidazole rings is 1. The van der Waals surface area contributed by atoms with Gasteiger partial charge in [0, 0.05) is 35.9 Å². The molecule has 0 amide bonds. The standard InChI is InChI=1S/C22H18FN7O/c1-14-12-29(13-25-14)18-8-7-17(11-19(18)31-2)26-22-27-21-20(24-9-10-30(21)28-22)15-3-5-16(23)6-4-15/h3-13H,1-2H3,(H,26,28). The zero-order chi connectivity index (χ0) is 21.4. The Morgan fingerprint density at radius 1 is 1.06 bits per heavy atom. The second-order valence-electron chi connectivity index (χ2n) is 6.92. The number of halogens is 1. The molecule has 0 saturated carbocycles. The number of nitrogens with one attached hydrogen (secondary N) is 1. The van der Waals surface area contributed by atoms with Crippen LogP contribution in [0.25, 0.3) is 22.6 Å². The Hall–Kier alpha value is -4.27. The molecule has 1 N–H and O–H groups in total. The van der Waals surface area contributed by atoms with E-state index in [1.54, 1.807) is 42.5 Å². The molecule has 9 heteroatoms. The van der Waals surface area contributed by atoms with Gasteiger partial charge in [0.2, 0.25) is 5.95 Å². The maximum absolute atomic E-state index is 13.3. The van der Waals surface area contributed by atoms with Crippen LogP contribution in [0.4, 0.5) is 16.0 Å². The minimum absolute atomic E-state index is 0.303. The summed E-state index contributed by atoms with van der Waals surface area (Å²) in [4.78, 5) is 13.2. The number of fused-ring (bicyclic) bond motifs is 1. The molecule has 0 fully saturated rings. The van der Waals surface area contributed by atoms with Crippen LogP contribution in [0.2, 0.25) is 0 Å². The number of benzene rings is 2. The molecule has 8 nitrogen and oxygen atoms in total. The van der Waals surface area contributed by atoms with Crippen molar-refractivity contribution in [3.63, 3.8) is 0 Å². The number of rotatable bonds is 5. The van der Waals surface area contributed by atoms with Crippen molar-refractivity contribution < 1.29 is 9.13 Å². The lowest BCUT2D eigenvalue weighted by Gasteiger charge is -2.11. The lowest BCUT2D eigenvalue weighted by molar-refractivity contribution is 0.413. The van der Waals surface area contributed by atoms with E-state index in [4.69, 9.17) is 4.74 Å². The highest BCUT2D eigenvalue weighted by molar-refractivity contribution is 5.74. The van der Waals surface area contributed by atoms with E-state index in [-0.39, 0.29) is 5.82 Å². The van der Waals surface area contributed by atoms with Gasteiger partial charge in [0.25, 0.3) is 0 Å². The third-order valence-corrected chi connectivity index (χ3v) is 4.80. The van der Waals surface area contributed by atoms with Crippen LogP contribution in [-0.2, 0) is 0 Å². The van der Waals surface area contributed by atoms with Gasteiger partial charge in [-0.25, -0.2) is 13.9 Å². The fraction of sp³-hybridized carbons (Fsp3) is 0.0909. The van der Waals surface area contributed by atoms with Gasteiger partial charge in [-0.05, 0) is 43.3 Å². The Labute approximate surface area is 177 Å². The van der Waals surface area contributed by atoms with Crippen molar-refractivity contribution in [1.82, 2.24) is 29.1 Å². The summed E-state index contributed by atoms with van der Waals surface area (Å²) in [7, 11) is 1.62. The van der Waals surface area contributed by atoms with E-state index in [9.17, 15) is 4.39 Å². The zero-order valence-electron chi connectivity index (χ0n) is 16.8. The number of anilines is 2. The number of methoxy groups -OCH3 is 1. The van der Waals surface area contributed by atoms with Crippen LogP contribution in [0, 0.1) is 12.7 Å². The predicted molar refractivity (Wildman–Crippen MR) is 114 cm³/mol. The summed E-state index contributed by atoms with van der Waals surface area (Å²) in [5.74, 6) is 0.784. The van der Waals surface area contributed by atoms with Gasteiger partial charge in [0.05, 0.1) is 24.8 Å². The lowest BCUT2D eigenvalue weighted by Crippen LogP contribution is -1.98. The summed E-state index contributed by atoms with van der Waals surface area (Å²) in [6.07, 6.45) is 7.02.